The first-order valence-corrected chi connectivity index (χ1v) is 19.1. The number of carboxylic acid groups (broad SMARTS) is 1. The van der Waals surface area contributed by atoms with Crippen molar-refractivity contribution in [2.24, 2.45) is 17.8 Å². The third kappa shape index (κ3) is 7.22. The van der Waals surface area contributed by atoms with E-state index in [1.54, 1.807) is 6.92 Å². The number of rotatable bonds is 8. The van der Waals surface area contributed by atoms with Gasteiger partial charge in [0, 0.05) is 23.1 Å². The number of fused-ring (bicyclic) bond motifs is 3. The molecule has 4 amide bonds. The molecule has 14 nitrogen and oxygen atoms in total. The van der Waals surface area contributed by atoms with E-state index in [0.717, 1.165) is 11.8 Å². The summed E-state index contributed by atoms with van der Waals surface area (Å²) in [5.74, 6) is -1.91. The van der Waals surface area contributed by atoms with Gasteiger partial charge in [-0.25, -0.2) is 18.2 Å². The quantitative estimate of drug-likeness (QED) is 0.293. The van der Waals surface area contributed by atoms with E-state index in [4.69, 9.17) is 9.47 Å². The molecule has 4 N–H and O–H groups in total. The van der Waals surface area contributed by atoms with Gasteiger partial charge in [0.15, 0.2) is 0 Å². The normalized spacial score (nSPS) is 31.2. The van der Waals surface area contributed by atoms with E-state index in [1.807, 2.05) is 43.3 Å². The predicted octanol–water partition coefficient (Wildman–Crippen LogP) is 3.50. The number of hydrogen-bond donors (Lipinski definition) is 4. The van der Waals surface area contributed by atoms with Crippen LogP contribution in [-0.2, 0) is 24.4 Å². The van der Waals surface area contributed by atoms with Crippen molar-refractivity contribution in [3.8, 4) is 11.6 Å². The average Bonchev–Trinajstić information content (AvgIpc) is 3.97. The Morgan fingerprint density at radius 2 is 1.88 bits per heavy atom. The number of carbonyl (C=O) groups excluding carboxylic acids is 3. The van der Waals surface area contributed by atoms with E-state index in [9.17, 15) is 32.7 Å². The summed E-state index contributed by atoms with van der Waals surface area (Å²) in [6.45, 7) is 5.48. The van der Waals surface area contributed by atoms with Crippen LogP contribution in [0.2, 0.25) is 0 Å². The average molecular weight is 726 g/mol. The summed E-state index contributed by atoms with van der Waals surface area (Å²) in [5, 5.41) is 16.6. The SMILES string of the molecule is CC[C@@H]1C[C@@H](C)CC/C=C\[C@@H]2C[C@@]2(C(=O)NS(=O)(=O)C2(C)CC2)NC(=O)[C@@H]2C[C@@H](Oc3ncc(OC)c4ccccc34)CN2C(=O)[C@H]1NC(=O)O. The minimum Gasteiger partial charge on any atom is -0.494 e. The van der Waals surface area contributed by atoms with Gasteiger partial charge in [-0.3, -0.25) is 19.1 Å². The predicted molar refractivity (Wildman–Crippen MR) is 187 cm³/mol. The molecule has 0 unspecified atom stereocenters. The van der Waals surface area contributed by atoms with Gasteiger partial charge in [0.2, 0.25) is 27.7 Å². The molecule has 2 aliphatic heterocycles. The Hall–Kier alpha value is -4.40. The first-order chi connectivity index (χ1) is 24.2. The van der Waals surface area contributed by atoms with E-state index in [0.29, 0.717) is 43.2 Å². The molecule has 276 valence electrons. The second-order valence-electron chi connectivity index (χ2n) is 14.8. The number of carbonyl (C=O) groups is 4. The summed E-state index contributed by atoms with van der Waals surface area (Å²) < 4.78 is 39.3. The Balaban J connectivity index is 1.35. The van der Waals surface area contributed by atoms with Crippen molar-refractivity contribution in [3.63, 3.8) is 0 Å². The molecule has 1 aromatic carbocycles. The number of allylic oxidation sites excluding steroid dienone is 1. The van der Waals surface area contributed by atoms with E-state index < -0.39 is 68.2 Å². The summed E-state index contributed by atoms with van der Waals surface area (Å²) in [6, 6.07) is 5.08. The van der Waals surface area contributed by atoms with Gasteiger partial charge in [0.25, 0.3) is 5.91 Å². The third-order valence-corrected chi connectivity index (χ3v) is 13.3. The highest BCUT2D eigenvalue weighted by Crippen LogP contribution is 2.47. The number of nitrogens with one attached hydrogen (secondary N) is 3. The summed E-state index contributed by atoms with van der Waals surface area (Å²) >= 11 is 0. The molecule has 0 radical (unpaired) electrons. The van der Waals surface area contributed by atoms with Crippen LogP contribution in [0.3, 0.4) is 0 Å². The molecule has 7 atom stereocenters. The number of sulfonamides is 1. The van der Waals surface area contributed by atoms with Crippen molar-refractivity contribution in [3.05, 3.63) is 42.6 Å². The lowest BCUT2D eigenvalue weighted by Gasteiger charge is -2.33. The number of ether oxygens (including phenoxy) is 2. The van der Waals surface area contributed by atoms with Crippen molar-refractivity contribution < 1.29 is 42.2 Å². The van der Waals surface area contributed by atoms with Crippen LogP contribution in [0.1, 0.15) is 72.1 Å². The summed E-state index contributed by atoms with van der Waals surface area (Å²) in [5.41, 5.74) is -1.54. The van der Waals surface area contributed by atoms with Crippen LogP contribution in [0.15, 0.2) is 42.6 Å². The topological polar surface area (TPSA) is 193 Å². The first kappa shape index (κ1) is 36.4. The molecular formula is C36H47N5O9S. The molecule has 4 aliphatic rings. The molecule has 2 aliphatic carbocycles. The summed E-state index contributed by atoms with van der Waals surface area (Å²) in [6.07, 6.45) is 6.79. The standard InChI is InChI=1S/C36H47N5O9S/c1-5-22-16-21(2)10-6-7-11-23-18-36(23,33(44)40-51(47,48)35(3)14-15-35)39-30(42)27-17-24(20-41(27)32(43)29(22)38-34(45)46)50-31-26-13-9-8-12-25(26)28(49-4)19-37-31/h7-9,11-13,19,21-24,27,29,38H,5-6,10,14-18,20H2,1-4H3,(H,39,42)(H,40,44)(H,45,46)/b11-7-/t21-,22+,23+,24+,27-,29-,36+/m0/s1. The smallest absolute Gasteiger partial charge is 0.405 e. The Kier molecular flexibility index (Phi) is 9.96. The number of hydrogen-bond acceptors (Lipinski definition) is 9. The summed E-state index contributed by atoms with van der Waals surface area (Å²) in [7, 11) is -2.46. The highest BCUT2D eigenvalue weighted by molar-refractivity contribution is 7.91. The van der Waals surface area contributed by atoms with Crippen LogP contribution >= 0.6 is 0 Å². The second-order valence-corrected chi connectivity index (χ2v) is 17.0. The minimum absolute atomic E-state index is 0.0150. The molecule has 2 aromatic rings. The fourth-order valence-corrected chi connectivity index (χ4v) is 8.82. The fraction of sp³-hybridized carbons (Fsp3) is 0.583. The first-order valence-electron chi connectivity index (χ1n) is 17.7. The Morgan fingerprint density at radius 1 is 1.16 bits per heavy atom. The highest BCUT2D eigenvalue weighted by atomic mass is 32.2. The van der Waals surface area contributed by atoms with Crippen LogP contribution in [0.5, 0.6) is 11.6 Å². The van der Waals surface area contributed by atoms with Gasteiger partial charge in [-0.1, -0.05) is 50.6 Å². The maximum Gasteiger partial charge on any atom is 0.405 e. The van der Waals surface area contributed by atoms with Gasteiger partial charge >= 0.3 is 6.09 Å². The van der Waals surface area contributed by atoms with Gasteiger partial charge in [-0.2, -0.15) is 0 Å². The van der Waals surface area contributed by atoms with Gasteiger partial charge in [-0.05, 0) is 63.4 Å². The molecule has 3 fully saturated rings. The van der Waals surface area contributed by atoms with Gasteiger partial charge < -0.3 is 30.1 Å². The van der Waals surface area contributed by atoms with E-state index in [2.05, 4.69) is 27.3 Å². The van der Waals surface area contributed by atoms with Crippen molar-refractivity contribution in [2.45, 2.75) is 101 Å². The number of pyridine rings is 1. The zero-order valence-corrected chi connectivity index (χ0v) is 30.2. The third-order valence-electron chi connectivity index (χ3n) is 11.1. The lowest BCUT2D eigenvalue weighted by Crippen LogP contribution is -2.59. The Labute approximate surface area is 297 Å². The van der Waals surface area contributed by atoms with Crippen LogP contribution in [0, 0.1) is 17.8 Å². The van der Waals surface area contributed by atoms with Crippen molar-refractivity contribution in [1.29, 1.82) is 0 Å². The maximum atomic E-state index is 14.5. The number of nitrogens with zero attached hydrogens (tertiary/aromatic N) is 2. The molecule has 1 aromatic heterocycles. The molecule has 3 heterocycles. The molecule has 6 rings (SSSR count). The number of aromatic nitrogens is 1. The fourth-order valence-electron chi connectivity index (χ4n) is 7.50. The second kappa shape index (κ2) is 14.0. The lowest BCUT2D eigenvalue weighted by atomic mass is 9.85. The molecular weight excluding hydrogens is 678 g/mol. The molecule has 0 bridgehead atoms. The number of amides is 4. The highest BCUT2D eigenvalue weighted by Gasteiger charge is 2.63. The van der Waals surface area contributed by atoms with E-state index in [-0.39, 0.29) is 37.1 Å². The number of methoxy groups -OCH3 is 1. The summed E-state index contributed by atoms with van der Waals surface area (Å²) in [4.78, 5) is 60.5. The minimum atomic E-state index is -4.00. The van der Waals surface area contributed by atoms with Crippen molar-refractivity contribution in [2.75, 3.05) is 13.7 Å². The molecule has 1 saturated heterocycles. The Bertz CT molecular complexity index is 1850. The zero-order chi connectivity index (χ0) is 36.7. The van der Waals surface area contributed by atoms with Gasteiger partial charge in [0.1, 0.15) is 29.5 Å². The van der Waals surface area contributed by atoms with Crippen molar-refractivity contribution >= 4 is 44.6 Å². The van der Waals surface area contributed by atoms with Crippen molar-refractivity contribution in [1.82, 2.24) is 25.2 Å². The van der Waals surface area contributed by atoms with E-state index in [1.165, 1.54) is 18.2 Å². The van der Waals surface area contributed by atoms with Crippen LogP contribution in [0.4, 0.5) is 4.79 Å². The lowest BCUT2D eigenvalue weighted by molar-refractivity contribution is -0.142. The monoisotopic (exact) mass is 725 g/mol. The number of benzene rings is 1. The van der Waals surface area contributed by atoms with Gasteiger partial charge in [-0.15, -0.1) is 0 Å². The zero-order valence-electron chi connectivity index (χ0n) is 29.4. The molecule has 51 heavy (non-hydrogen) atoms. The van der Waals surface area contributed by atoms with Crippen LogP contribution in [0.25, 0.3) is 10.8 Å². The Morgan fingerprint density at radius 3 is 2.55 bits per heavy atom. The molecule has 2 saturated carbocycles. The maximum absolute atomic E-state index is 14.5. The van der Waals surface area contributed by atoms with Crippen LogP contribution in [-0.4, -0.2) is 89.4 Å². The molecule has 0 spiro atoms. The van der Waals surface area contributed by atoms with E-state index >= 15 is 0 Å². The molecule has 15 heteroatoms. The van der Waals surface area contributed by atoms with Crippen LogP contribution < -0.4 is 24.8 Å². The largest absolute Gasteiger partial charge is 0.494 e. The van der Waals surface area contributed by atoms with Gasteiger partial charge in [0.05, 0.1) is 24.6 Å².